The van der Waals surface area contributed by atoms with Gasteiger partial charge in [-0.25, -0.2) is 4.98 Å². The lowest BCUT2D eigenvalue weighted by molar-refractivity contribution is -0.167. The molecule has 0 fully saturated rings. The number of oxazole rings is 1. The van der Waals surface area contributed by atoms with Crippen LogP contribution in [-0.2, 0) is 4.79 Å². The van der Waals surface area contributed by atoms with Crippen molar-refractivity contribution in [3.8, 4) is 11.3 Å². The summed E-state index contributed by atoms with van der Waals surface area (Å²) < 4.78 is 42.3. The molecule has 2 rings (SSSR count). The fourth-order valence-electron chi connectivity index (χ4n) is 1.63. The number of rotatable bonds is 3. The fourth-order valence-corrected chi connectivity index (χ4v) is 1.63. The van der Waals surface area contributed by atoms with Crippen LogP contribution in [0.4, 0.5) is 19.1 Å². The molecule has 7 heteroatoms. The van der Waals surface area contributed by atoms with E-state index in [4.69, 9.17) is 4.42 Å². The molecule has 0 spiro atoms. The van der Waals surface area contributed by atoms with E-state index in [0.29, 0.717) is 5.56 Å². The van der Waals surface area contributed by atoms with E-state index in [1.165, 1.54) is 0 Å². The van der Waals surface area contributed by atoms with Crippen LogP contribution in [0, 0.1) is 0 Å². The van der Waals surface area contributed by atoms with E-state index >= 15 is 0 Å². The Labute approximate surface area is 119 Å². The summed E-state index contributed by atoms with van der Waals surface area (Å²) in [5.74, 6) is -2.26. The first-order valence-electron chi connectivity index (χ1n) is 6.23. The lowest BCUT2D eigenvalue weighted by Gasteiger charge is -2.06. The third kappa shape index (κ3) is 3.42. The normalized spacial score (nSPS) is 11.7. The fraction of sp³-hybridized carbons (Fsp3) is 0.286. The smallest absolute Gasteiger partial charge is 0.424 e. The Bertz CT molecular complexity index is 633. The van der Waals surface area contributed by atoms with E-state index in [0.717, 1.165) is 0 Å². The van der Waals surface area contributed by atoms with Gasteiger partial charge >= 0.3 is 12.1 Å². The molecular weight excluding hydrogens is 285 g/mol. The molecule has 4 nitrogen and oxygen atoms in total. The molecule has 1 amide bonds. The Hall–Kier alpha value is -2.31. The van der Waals surface area contributed by atoms with Gasteiger partial charge in [0.15, 0.2) is 5.89 Å². The van der Waals surface area contributed by atoms with Crippen LogP contribution in [0.15, 0.2) is 34.7 Å². The maximum atomic E-state index is 12.4. The van der Waals surface area contributed by atoms with Crippen molar-refractivity contribution in [2.75, 3.05) is 5.32 Å². The summed E-state index contributed by atoms with van der Waals surface area (Å²) >= 11 is 0. The highest BCUT2D eigenvalue weighted by atomic mass is 19.4. The Balaban J connectivity index is 2.42. The predicted octanol–water partition coefficient (Wildman–Crippen LogP) is 3.97. The maximum Gasteiger partial charge on any atom is 0.471 e. The first-order valence-corrected chi connectivity index (χ1v) is 6.23. The SMILES string of the molecule is CC(C)c1nc(-c2ccccc2)c(NC(=O)C(F)(F)F)o1. The summed E-state index contributed by atoms with van der Waals surface area (Å²) in [7, 11) is 0. The monoisotopic (exact) mass is 298 g/mol. The third-order valence-corrected chi connectivity index (χ3v) is 2.67. The minimum atomic E-state index is -4.99. The van der Waals surface area contributed by atoms with Crippen LogP contribution in [0.1, 0.15) is 25.7 Å². The van der Waals surface area contributed by atoms with Gasteiger partial charge in [-0.05, 0) is 0 Å². The Morgan fingerprint density at radius 1 is 1.24 bits per heavy atom. The van der Waals surface area contributed by atoms with Gasteiger partial charge in [-0.15, -0.1) is 0 Å². The number of anilines is 1. The predicted molar refractivity (Wildman–Crippen MR) is 70.7 cm³/mol. The van der Waals surface area contributed by atoms with Gasteiger partial charge in [0, 0.05) is 11.5 Å². The van der Waals surface area contributed by atoms with Crippen LogP contribution in [0.25, 0.3) is 11.3 Å². The van der Waals surface area contributed by atoms with Crippen molar-refractivity contribution in [2.24, 2.45) is 0 Å². The molecule has 112 valence electrons. The highest BCUT2D eigenvalue weighted by Crippen LogP contribution is 2.32. The van der Waals surface area contributed by atoms with Crippen LogP contribution in [0.2, 0.25) is 0 Å². The Kier molecular flexibility index (Phi) is 4.02. The van der Waals surface area contributed by atoms with Gasteiger partial charge in [0.25, 0.3) is 0 Å². The molecule has 0 saturated heterocycles. The molecule has 1 aromatic heterocycles. The lowest BCUT2D eigenvalue weighted by Crippen LogP contribution is -2.29. The van der Waals surface area contributed by atoms with Crippen LogP contribution in [0.5, 0.6) is 0 Å². The molecule has 0 bridgehead atoms. The van der Waals surface area contributed by atoms with Gasteiger partial charge in [0.05, 0.1) is 0 Å². The molecule has 0 saturated carbocycles. The van der Waals surface area contributed by atoms with E-state index < -0.39 is 12.1 Å². The van der Waals surface area contributed by atoms with E-state index in [1.54, 1.807) is 49.5 Å². The zero-order valence-electron chi connectivity index (χ0n) is 11.4. The van der Waals surface area contributed by atoms with Gasteiger partial charge in [0.2, 0.25) is 5.88 Å². The first kappa shape index (κ1) is 15.1. The second-order valence-corrected chi connectivity index (χ2v) is 4.70. The molecule has 0 aliphatic rings. The molecule has 1 heterocycles. The second kappa shape index (κ2) is 5.59. The molecule has 0 unspecified atom stereocenters. The number of alkyl halides is 3. The summed E-state index contributed by atoms with van der Waals surface area (Å²) in [5, 5.41) is 1.73. The molecule has 21 heavy (non-hydrogen) atoms. The number of carbonyl (C=O) groups is 1. The summed E-state index contributed by atoms with van der Waals surface area (Å²) in [4.78, 5) is 15.2. The van der Waals surface area contributed by atoms with Gasteiger partial charge in [0.1, 0.15) is 5.69 Å². The highest BCUT2D eigenvalue weighted by molar-refractivity contribution is 5.96. The number of carbonyl (C=O) groups excluding carboxylic acids is 1. The van der Waals surface area contributed by atoms with Crippen molar-refractivity contribution in [3.05, 3.63) is 36.2 Å². The van der Waals surface area contributed by atoms with Crippen molar-refractivity contribution in [2.45, 2.75) is 25.9 Å². The van der Waals surface area contributed by atoms with E-state index in [9.17, 15) is 18.0 Å². The van der Waals surface area contributed by atoms with Crippen molar-refractivity contribution in [1.82, 2.24) is 4.98 Å². The topological polar surface area (TPSA) is 55.1 Å². The summed E-state index contributed by atoms with van der Waals surface area (Å²) in [6.45, 7) is 3.58. The zero-order valence-corrected chi connectivity index (χ0v) is 11.4. The molecule has 1 N–H and O–H groups in total. The molecule has 0 aliphatic carbocycles. The van der Waals surface area contributed by atoms with E-state index in [2.05, 4.69) is 4.98 Å². The van der Waals surface area contributed by atoms with Crippen molar-refractivity contribution < 1.29 is 22.4 Å². The summed E-state index contributed by atoms with van der Waals surface area (Å²) in [5.41, 5.74) is 0.738. The highest BCUT2D eigenvalue weighted by Gasteiger charge is 2.40. The quantitative estimate of drug-likeness (QED) is 0.933. The van der Waals surface area contributed by atoms with Gasteiger partial charge < -0.3 is 4.42 Å². The number of amides is 1. The number of hydrogen-bond acceptors (Lipinski definition) is 3. The van der Waals surface area contributed by atoms with Gasteiger partial charge in [-0.1, -0.05) is 44.2 Å². The number of nitrogens with one attached hydrogen (secondary N) is 1. The standard InChI is InChI=1S/C14H13F3N2O2/c1-8(2)11-18-10(9-6-4-3-5-7-9)12(21-11)19-13(20)14(15,16)17/h3-8H,1-2H3,(H,19,20). The van der Waals surface area contributed by atoms with Crippen LogP contribution < -0.4 is 5.32 Å². The Morgan fingerprint density at radius 3 is 2.38 bits per heavy atom. The number of aromatic nitrogens is 1. The first-order chi connectivity index (χ1) is 9.79. The third-order valence-electron chi connectivity index (χ3n) is 2.67. The Morgan fingerprint density at radius 2 is 1.86 bits per heavy atom. The van der Waals surface area contributed by atoms with Crippen molar-refractivity contribution in [3.63, 3.8) is 0 Å². The minimum Gasteiger partial charge on any atom is -0.424 e. The molecule has 1 aromatic carbocycles. The van der Waals surface area contributed by atoms with Crippen LogP contribution in [0.3, 0.4) is 0 Å². The average Bonchev–Trinajstić information content (AvgIpc) is 2.83. The maximum absolute atomic E-state index is 12.4. The molecule has 0 aliphatic heterocycles. The van der Waals surface area contributed by atoms with Crippen molar-refractivity contribution >= 4 is 11.8 Å². The average molecular weight is 298 g/mol. The lowest BCUT2D eigenvalue weighted by atomic mass is 10.1. The van der Waals surface area contributed by atoms with E-state index in [1.807, 2.05) is 0 Å². The van der Waals surface area contributed by atoms with Gasteiger partial charge in [-0.2, -0.15) is 13.2 Å². The number of benzene rings is 1. The summed E-state index contributed by atoms with van der Waals surface area (Å²) in [6, 6.07) is 8.54. The molecule has 2 aromatic rings. The molecule has 0 atom stereocenters. The number of halogens is 3. The molecule has 0 radical (unpaired) electrons. The summed E-state index contributed by atoms with van der Waals surface area (Å²) in [6.07, 6.45) is -4.99. The number of nitrogens with zero attached hydrogens (tertiary/aromatic N) is 1. The number of hydrogen-bond donors (Lipinski definition) is 1. The van der Waals surface area contributed by atoms with Gasteiger partial charge in [-0.3, -0.25) is 10.1 Å². The van der Waals surface area contributed by atoms with Crippen LogP contribution in [-0.4, -0.2) is 17.1 Å². The van der Waals surface area contributed by atoms with Crippen molar-refractivity contribution in [1.29, 1.82) is 0 Å². The van der Waals surface area contributed by atoms with Crippen LogP contribution >= 0.6 is 0 Å². The minimum absolute atomic E-state index is 0.121. The largest absolute Gasteiger partial charge is 0.471 e. The second-order valence-electron chi connectivity index (χ2n) is 4.70. The van der Waals surface area contributed by atoms with E-state index in [-0.39, 0.29) is 23.4 Å². The molecular formula is C14H13F3N2O2. The zero-order chi connectivity index (χ0) is 15.6.